The van der Waals surface area contributed by atoms with Gasteiger partial charge in [0.15, 0.2) is 6.10 Å². The van der Waals surface area contributed by atoms with E-state index in [-0.39, 0.29) is 11.9 Å². The van der Waals surface area contributed by atoms with Gasteiger partial charge in [-0.15, -0.1) is 0 Å². The Morgan fingerprint density at radius 1 is 0.975 bits per heavy atom. The number of hydrogen-bond donors (Lipinski definition) is 1. The van der Waals surface area contributed by atoms with Crippen molar-refractivity contribution in [3.8, 4) is 5.75 Å². The lowest BCUT2D eigenvalue weighted by Gasteiger charge is -2.39. The summed E-state index contributed by atoms with van der Waals surface area (Å²) in [6.07, 6.45) is 0.149. The van der Waals surface area contributed by atoms with E-state index in [1.54, 1.807) is 7.11 Å². The molecule has 4 rings (SSSR count). The Bertz CT molecular complexity index is 1190. The van der Waals surface area contributed by atoms with Crippen LogP contribution in [-0.4, -0.2) is 61.1 Å². The van der Waals surface area contributed by atoms with Crippen LogP contribution < -0.4 is 10.1 Å². The van der Waals surface area contributed by atoms with Crippen LogP contribution >= 0.6 is 0 Å². The summed E-state index contributed by atoms with van der Waals surface area (Å²) in [7, 11) is 1.61. The van der Waals surface area contributed by atoms with Crippen molar-refractivity contribution in [2.75, 3.05) is 33.3 Å². The second-order valence-corrected chi connectivity index (χ2v) is 11.1. The molecule has 6 heteroatoms. The quantitative estimate of drug-likeness (QED) is 0.277. The van der Waals surface area contributed by atoms with Crippen LogP contribution in [0.4, 0.5) is 0 Å². The van der Waals surface area contributed by atoms with Crippen molar-refractivity contribution in [1.82, 2.24) is 15.1 Å². The second kappa shape index (κ2) is 14.4. The molecule has 40 heavy (non-hydrogen) atoms. The number of nitrogens with zero attached hydrogens (tertiary/aromatic N) is 2. The van der Waals surface area contributed by atoms with E-state index >= 15 is 0 Å². The maximum atomic E-state index is 13.9. The molecule has 214 valence electrons. The third-order valence-corrected chi connectivity index (χ3v) is 7.78. The molecule has 1 heterocycles. The fraction of sp³-hybridized carbons (Fsp3) is 0.441. The number of carbonyl (C=O) groups is 1. The average molecular weight is 544 g/mol. The van der Waals surface area contributed by atoms with E-state index in [1.807, 2.05) is 59.5 Å². The highest BCUT2D eigenvalue weighted by molar-refractivity contribution is 5.83. The van der Waals surface area contributed by atoms with Crippen LogP contribution in [0.5, 0.6) is 5.75 Å². The first-order chi connectivity index (χ1) is 19.4. The summed E-state index contributed by atoms with van der Waals surface area (Å²) in [5.74, 6) is 0.860. The minimum absolute atomic E-state index is 0.00143. The highest BCUT2D eigenvalue weighted by atomic mass is 16.5. The molecule has 1 amide bonds. The van der Waals surface area contributed by atoms with Crippen LogP contribution in [0.1, 0.15) is 62.1 Å². The third kappa shape index (κ3) is 7.51. The first-order valence-electron chi connectivity index (χ1n) is 14.5. The summed E-state index contributed by atoms with van der Waals surface area (Å²) in [5, 5.41) is 3.67. The third-order valence-electron chi connectivity index (χ3n) is 7.78. The molecule has 6 nitrogen and oxygen atoms in total. The van der Waals surface area contributed by atoms with Crippen LogP contribution in [-0.2, 0) is 22.6 Å². The van der Waals surface area contributed by atoms with Gasteiger partial charge < -0.3 is 19.7 Å². The molecule has 1 N–H and O–H groups in total. The maximum absolute atomic E-state index is 13.9. The monoisotopic (exact) mass is 543 g/mol. The van der Waals surface area contributed by atoms with Crippen LogP contribution in [0.3, 0.4) is 0 Å². The molecule has 0 radical (unpaired) electrons. The zero-order valence-corrected chi connectivity index (χ0v) is 24.7. The van der Waals surface area contributed by atoms with Crippen molar-refractivity contribution in [3.63, 3.8) is 0 Å². The number of carbonyl (C=O) groups excluding carboxylic acids is 1. The Labute approximate surface area is 240 Å². The second-order valence-electron chi connectivity index (χ2n) is 11.1. The first kappa shape index (κ1) is 29.8. The normalized spacial score (nSPS) is 15.9. The van der Waals surface area contributed by atoms with E-state index in [1.165, 1.54) is 11.1 Å². The molecule has 3 aromatic carbocycles. The number of rotatable bonds is 13. The largest absolute Gasteiger partial charge is 0.489 e. The van der Waals surface area contributed by atoms with Crippen molar-refractivity contribution >= 4 is 5.91 Å². The van der Waals surface area contributed by atoms with Gasteiger partial charge in [0, 0.05) is 45.4 Å². The Balaban J connectivity index is 1.53. The predicted molar refractivity (Wildman–Crippen MR) is 161 cm³/mol. The van der Waals surface area contributed by atoms with Crippen molar-refractivity contribution in [2.45, 2.75) is 65.0 Å². The number of ether oxygens (including phenoxy) is 2. The number of fused-ring (bicyclic) bond motifs is 1. The van der Waals surface area contributed by atoms with Crippen LogP contribution in [0.2, 0.25) is 0 Å². The van der Waals surface area contributed by atoms with Gasteiger partial charge in [-0.25, -0.2) is 0 Å². The van der Waals surface area contributed by atoms with Crippen LogP contribution in [0, 0.1) is 0 Å². The Morgan fingerprint density at radius 3 is 2.30 bits per heavy atom. The smallest absolute Gasteiger partial charge is 0.256 e. The van der Waals surface area contributed by atoms with E-state index in [0.717, 1.165) is 36.4 Å². The summed E-state index contributed by atoms with van der Waals surface area (Å²) in [4.78, 5) is 18.4. The zero-order chi connectivity index (χ0) is 28.5. The molecular formula is C34H45N3O3. The topological polar surface area (TPSA) is 54.0 Å². The van der Waals surface area contributed by atoms with Gasteiger partial charge in [0.25, 0.3) is 5.91 Å². The summed E-state index contributed by atoms with van der Waals surface area (Å²) in [6, 6.07) is 27.2. The molecule has 2 atom stereocenters. The lowest BCUT2D eigenvalue weighted by Crippen LogP contribution is -2.47. The number of benzene rings is 3. The number of amides is 1. The SMILES string of the molecule is COC(C(=O)N1CCc2cc(OCc3ccccc3)ccc2C1CNCCN(C(C)C)C(C)C)c1ccccc1. The van der Waals surface area contributed by atoms with Gasteiger partial charge in [-0.2, -0.15) is 0 Å². The fourth-order valence-electron chi connectivity index (χ4n) is 5.72. The summed E-state index contributed by atoms with van der Waals surface area (Å²) in [6.45, 7) is 12.6. The lowest BCUT2D eigenvalue weighted by atomic mass is 9.91. The molecule has 1 aliphatic heterocycles. The summed E-state index contributed by atoms with van der Waals surface area (Å²) >= 11 is 0. The molecular weight excluding hydrogens is 498 g/mol. The molecule has 0 saturated heterocycles. The van der Waals surface area contributed by atoms with E-state index in [0.29, 0.717) is 31.8 Å². The van der Waals surface area contributed by atoms with E-state index in [2.05, 4.69) is 62.2 Å². The van der Waals surface area contributed by atoms with Crippen molar-refractivity contribution in [1.29, 1.82) is 0 Å². The van der Waals surface area contributed by atoms with Crippen LogP contribution in [0.25, 0.3) is 0 Å². The number of hydrogen-bond acceptors (Lipinski definition) is 5. The molecule has 1 aliphatic rings. The minimum atomic E-state index is -0.629. The molecule has 0 saturated carbocycles. The minimum Gasteiger partial charge on any atom is -0.489 e. The van der Waals surface area contributed by atoms with E-state index in [4.69, 9.17) is 9.47 Å². The van der Waals surface area contributed by atoms with Gasteiger partial charge in [0.05, 0.1) is 6.04 Å². The number of nitrogens with one attached hydrogen (secondary N) is 1. The fourth-order valence-corrected chi connectivity index (χ4v) is 5.72. The van der Waals surface area contributed by atoms with Crippen LogP contribution in [0.15, 0.2) is 78.9 Å². The molecule has 0 aromatic heterocycles. The zero-order valence-electron chi connectivity index (χ0n) is 24.7. The average Bonchev–Trinajstić information content (AvgIpc) is 2.96. The maximum Gasteiger partial charge on any atom is 0.256 e. The predicted octanol–water partition coefficient (Wildman–Crippen LogP) is 5.79. The Hall–Kier alpha value is -3.19. The van der Waals surface area contributed by atoms with E-state index < -0.39 is 6.10 Å². The highest BCUT2D eigenvalue weighted by Gasteiger charge is 2.35. The lowest BCUT2D eigenvalue weighted by molar-refractivity contribution is -0.145. The number of methoxy groups -OCH3 is 1. The molecule has 0 bridgehead atoms. The van der Waals surface area contributed by atoms with Gasteiger partial charge in [-0.1, -0.05) is 66.7 Å². The summed E-state index contributed by atoms with van der Waals surface area (Å²) in [5.41, 5.74) is 4.43. The molecule has 0 spiro atoms. The van der Waals surface area contributed by atoms with Gasteiger partial charge in [-0.3, -0.25) is 9.69 Å². The first-order valence-corrected chi connectivity index (χ1v) is 14.5. The molecule has 3 aromatic rings. The van der Waals surface area contributed by atoms with Crippen molar-refractivity contribution in [3.05, 3.63) is 101 Å². The highest BCUT2D eigenvalue weighted by Crippen LogP contribution is 2.34. The standard InChI is InChI=1S/C34H45N3O3/c1-25(2)36(26(3)4)21-19-35-23-32-31-17-16-30(40-24-27-12-8-6-9-13-27)22-29(31)18-20-37(32)34(38)33(39-5)28-14-10-7-11-15-28/h6-17,22,25-26,32-33,35H,18-21,23-24H2,1-5H3. The van der Waals surface area contributed by atoms with Crippen molar-refractivity contribution in [2.24, 2.45) is 0 Å². The van der Waals surface area contributed by atoms with Crippen molar-refractivity contribution < 1.29 is 14.3 Å². The molecule has 2 unspecified atom stereocenters. The van der Waals surface area contributed by atoms with E-state index in [9.17, 15) is 4.79 Å². The van der Waals surface area contributed by atoms with Gasteiger partial charge >= 0.3 is 0 Å². The molecule has 0 fully saturated rings. The summed E-state index contributed by atoms with van der Waals surface area (Å²) < 4.78 is 11.9. The Morgan fingerprint density at radius 2 is 1.65 bits per heavy atom. The molecule has 0 aliphatic carbocycles. The van der Waals surface area contributed by atoms with Gasteiger partial charge in [0.1, 0.15) is 12.4 Å². The van der Waals surface area contributed by atoms with Gasteiger partial charge in [0.2, 0.25) is 0 Å². The Kier molecular flexibility index (Phi) is 10.8. The van der Waals surface area contributed by atoms with Gasteiger partial charge in [-0.05, 0) is 68.5 Å².